The quantitative estimate of drug-likeness (QED) is 0.139. The van der Waals surface area contributed by atoms with Gasteiger partial charge in [0, 0.05) is 19.6 Å². The van der Waals surface area contributed by atoms with Crippen molar-refractivity contribution in [1.82, 2.24) is 0 Å². The van der Waals surface area contributed by atoms with Gasteiger partial charge in [-0.05, 0) is 122 Å². The van der Waals surface area contributed by atoms with Crippen molar-refractivity contribution in [3.8, 4) is 0 Å². The van der Waals surface area contributed by atoms with Gasteiger partial charge in [0.25, 0.3) is 0 Å². The zero-order valence-corrected chi connectivity index (χ0v) is 24.0. The van der Waals surface area contributed by atoms with Crippen LogP contribution < -0.4 is 0 Å². The van der Waals surface area contributed by atoms with Crippen LogP contribution in [0.4, 0.5) is 0 Å². The molecule has 2 rings (SSSR count). The van der Waals surface area contributed by atoms with E-state index in [4.69, 9.17) is 0 Å². The minimum Gasteiger partial charge on any atom is -0.282 e. The number of thioether (sulfide) groups is 2. The summed E-state index contributed by atoms with van der Waals surface area (Å²) in [5.41, 5.74) is 3.61. The number of unbranched alkanes of at least 4 members (excludes halogenated alkanes) is 4. The molecule has 0 aromatic heterocycles. The van der Waals surface area contributed by atoms with Crippen LogP contribution in [0.1, 0.15) is 77.3 Å². The van der Waals surface area contributed by atoms with Crippen molar-refractivity contribution in [2.75, 3.05) is 0 Å². The van der Waals surface area contributed by atoms with Crippen molar-refractivity contribution in [3.05, 3.63) is 71.8 Å². The van der Waals surface area contributed by atoms with Crippen LogP contribution in [0.15, 0.2) is 80.3 Å². The second-order valence-electron chi connectivity index (χ2n) is 8.90. The Labute approximate surface area is 224 Å². The summed E-state index contributed by atoms with van der Waals surface area (Å²) in [6.45, 7) is 15.5. The number of carbonyl (C=O) groups is 2. The lowest BCUT2D eigenvalue weighted by Crippen LogP contribution is -1.97. The molecule has 0 radical (unpaired) electrons. The SMILES string of the molecule is C=C(C)C(=O)Sc1ccc(Sc2ccc(SC(=O)C(=C)C)c(CCCCC)c2)cc1CCCCC. The first kappa shape index (κ1) is 29.5. The van der Waals surface area contributed by atoms with Crippen LogP contribution in [0.25, 0.3) is 0 Å². The summed E-state index contributed by atoms with van der Waals surface area (Å²) in [5.74, 6) is 0. The van der Waals surface area contributed by atoms with Gasteiger partial charge in [-0.25, -0.2) is 0 Å². The first-order valence-electron chi connectivity index (χ1n) is 12.4. The molecule has 0 N–H and O–H groups in total. The summed E-state index contributed by atoms with van der Waals surface area (Å²) in [5, 5.41) is 0.0486. The predicted octanol–water partition coefficient (Wildman–Crippen LogP) is 9.69. The van der Waals surface area contributed by atoms with E-state index in [-0.39, 0.29) is 10.2 Å². The van der Waals surface area contributed by atoms with E-state index in [9.17, 15) is 9.59 Å². The number of hydrogen-bond donors (Lipinski definition) is 0. The van der Waals surface area contributed by atoms with Gasteiger partial charge in [0.2, 0.25) is 10.2 Å². The van der Waals surface area contributed by atoms with E-state index >= 15 is 0 Å². The molecule has 2 aromatic rings. The highest BCUT2D eigenvalue weighted by Crippen LogP contribution is 2.36. The molecule has 188 valence electrons. The normalized spacial score (nSPS) is 10.9. The summed E-state index contributed by atoms with van der Waals surface area (Å²) in [6, 6.07) is 12.8. The highest BCUT2D eigenvalue weighted by molar-refractivity contribution is 8.14. The van der Waals surface area contributed by atoms with E-state index < -0.39 is 0 Å². The van der Waals surface area contributed by atoms with Crippen molar-refractivity contribution in [3.63, 3.8) is 0 Å². The van der Waals surface area contributed by atoms with Gasteiger partial charge in [-0.1, -0.05) is 64.5 Å². The molecular weight excluding hydrogens is 489 g/mol. The molecule has 0 aliphatic carbocycles. The van der Waals surface area contributed by atoms with E-state index in [1.54, 1.807) is 25.6 Å². The van der Waals surface area contributed by atoms with Crippen LogP contribution >= 0.6 is 35.3 Å². The van der Waals surface area contributed by atoms with Crippen LogP contribution in [0.3, 0.4) is 0 Å². The molecule has 2 nitrogen and oxygen atoms in total. The number of hydrogen-bond acceptors (Lipinski definition) is 5. The van der Waals surface area contributed by atoms with Gasteiger partial charge in [0.1, 0.15) is 0 Å². The van der Waals surface area contributed by atoms with Gasteiger partial charge in [-0.15, -0.1) is 0 Å². The fraction of sp³-hybridized carbons (Fsp3) is 0.400. The summed E-state index contributed by atoms with van der Waals surface area (Å²) >= 11 is 4.31. The smallest absolute Gasteiger partial charge is 0.219 e. The molecular formula is C30H38O2S3. The van der Waals surface area contributed by atoms with Gasteiger partial charge in [-0.3, -0.25) is 9.59 Å². The zero-order chi connectivity index (χ0) is 25.8. The minimum absolute atomic E-state index is 0.0243. The topological polar surface area (TPSA) is 34.1 Å². The first-order chi connectivity index (χ1) is 16.7. The van der Waals surface area contributed by atoms with Gasteiger partial charge >= 0.3 is 0 Å². The average molecular weight is 527 g/mol. The maximum Gasteiger partial charge on any atom is 0.219 e. The minimum atomic E-state index is 0.0243. The van der Waals surface area contributed by atoms with Gasteiger partial charge in [-0.2, -0.15) is 0 Å². The molecule has 0 heterocycles. The van der Waals surface area contributed by atoms with E-state index in [0.717, 1.165) is 35.5 Å². The van der Waals surface area contributed by atoms with Crippen molar-refractivity contribution in [2.24, 2.45) is 0 Å². The zero-order valence-electron chi connectivity index (χ0n) is 21.6. The molecule has 0 spiro atoms. The molecule has 0 saturated heterocycles. The number of aryl methyl sites for hydroxylation is 2. The Kier molecular flexibility index (Phi) is 13.0. The van der Waals surface area contributed by atoms with Crippen LogP contribution in [0.2, 0.25) is 0 Å². The first-order valence-corrected chi connectivity index (χ1v) is 14.9. The van der Waals surface area contributed by atoms with E-state index in [0.29, 0.717) is 11.1 Å². The van der Waals surface area contributed by atoms with E-state index in [1.807, 2.05) is 0 Å². The molecule has 0 saturated carbocycles. The van der Waals surface area contributed by atoms with E-state index in [2.05, 4.69) is 63.4 Å². The highest BCUT2D eigenvalue weighted by atomic mass is 32.2. The fourth-order valence-electron chi connectivity index (χ4n) is 3.47. The third-order valence-electron chi connectivity index (χ3n) is 5.50. The molecule has 0 bridgehead atoms. The van der Waals surface area contributed by atoms with Crippen molar-refractivity contribution < 1.29 is 9.59 Å². The lowest BCUT2D eigenvalue weighted by atomic mass is 10.1. The maximum atomic E-state index is 12.3. The Morgan fingerprint density at radius 3 is 1.43 bits per heavy atom. The third-order valence-corrected chi connectivity index (χ3v) is 8.78. The van der Waals surface area contributed by atoms with Crippen molar-refractivity contribution in [1.29, 1.82) is 0 Å². The molecule has 2 aromatic carbocycles. The number of benzene rings is 2. The Bertz CT molecular complexity index is 972. The molecule has 0 amide bonds. The second kappa shape index (κ2) is 15.4. The molecule has 0 unspecified atom stereocenters. The maximum absolute atomic E-state index is 12.3. The number of carbonyl (C=O) groups excluding carboxylic acids is 2. The second-order valence-corrected chi connectivity index (χ2v) is 12.1. The molecule has 0 aliphatic rings. The molecule has 35 heavy (non-hydrogen) atoms. The van der Waals surface area contributed by atoms with Crippen LogP contribution in [0.5, 0.6) is 0 Å². The lowest BCUT2D eigenvalue weighted by molar-refractivity contribution is -0.108. The van der Waals surface area contributed by atoms with Gasteiger partial charge in [0.15, 0.2) is 0 Å². The van der Waals surface area contributed by atoms with E-state index in [1.165, 1.54) is 70.1 Å². The Hall–Kier alpha value is -1.69. The standard InChI is InChI=1S/C30H38O2S3/c1-7-9-11-13-23-19-25(15-17-27(23)34-29(31)21(3)4)33-26-16-18-28(35-30(32)22(5)6)24(20-26)14-12-10-8-2/h15-20H,3,5,7-14H2,1-2,4,6H3. The van der Waals surface area contributed by atoms with Gasteiger partial charge < -0.3 is 0 Å². The Balaban J connectivity index is 2.29. The van der Waals surface area contributed by atoms with Crippen LogP contribution in [-0.2, 0) is 22.4 Å². The average Bonchev–Trinajstić information content (AvgIpc) is 2.82. The Morgan fingerprint density at radius 2 is 1.09 bits per heavy atom. The highest BCUT2D eigenvalue weighted by Gasteiger charge is 2.14. The van der Waals surface area contributed by atoms with Crippen LogP contribution in [0, 0.1) is 0 Å². The fourth-order valence-corrected chi connectivity index (χ4v) is 6.02. The predicted molar refractivity (Wildman–Crippen MR) is 155 cm³/mol. The largest absolute Gasteiger partial charge is 0.282 e. The monoisotopic (exact) mass is 526 g/mol. The summed E-state index contributed by atoms with van der Waals surface area (Å²) in [6.07, 6.45) is 8.86. The molecule has 0 fully saturated rings. The molecule has 0 atom stereocenters. The summed E-state index contributed by atoms with van der Waals surface area (Å²) < 4.78 is 0. The molecule has 0 aliphatic heterocycles. The van der Waals surface area contributed by atoms with Crippen molar-refractivity contribution in [2.45, 2.75) is 98.6 Å². The summed E-state index contributed by atoms with van der Waals surface area (Å²) in [7, 11) is 0. The summed E-state index contributed by atoms with van der Waals surface area (Å²) in [4.78, 5) is 29.0. The number of rotatable bonds is 14. The van der Waals surface area contributed by atoms with Gasteiger partial charge in [0.05, 0.1) is 0 Å². The lowest BCUT2D eigenvalue weighted by Gasteiger charge is -2.13. The Morgan fingerprint density at radius 1 is 0.686 bits per heavy atom. The van der Waals surface area contributed by atoms with Crippen molar-refractivity contribution >= 4 is 45.5 Å². The molecule has 5 heteroatoms. The van der Waals surface area contributed by atoms with Crippen LogP contribution in [-0.4, -0.2) is 10.2 Å². The third kappa shape index (κ3) is 10.1.